The molecule has 5 heteroatoms. The molecule has 0 saturated heterocycles. The summed E-state index contributed by atoms with van der Waals surface area (Å²) in [5, 5.41) is 8.28. The maximum Gasteiger partial charge on any atom is 0.0877 e. The van der Waals surface area contributed by atoms with Gasteiger partial charge in [-0.1, -0.05) is 11.6 Å². The van der Waals surface area contributed by atoms with Gasteiger partial charge in [0.05, 0.1) is 23.9 Å². The summed E-state index contributed by atoms with van der Waals surface area (Å²) >= 11 is 5.85. The van der Waals surface area contributed by atoms with E-state index in [9.17, 15) is 0 Å². The third-order valence-corrected chi connectivity index (χ3v) is 2.37. The summed E-state index contributed by atoms with van der Waals surface area (Å²) in [5.41, 5.74) is 0.0862. The van der Waals surface area contributed by atoms with Gasteiger partial charge in [0, 0.05) is 25.4 Å². The van der Waals surface area contributed by atoms with E-state index < -0.39 is 0 Å². The van der Waals surface area contributed by atoms with Crippen LogP contribution < -0.4 is 5.32 Å². The minimum Gasteiger partial charge on any atom is -0.382 e. The fraction of sp³-hybridized carbons (Fsp3) is 0.727. The van der Waals surface area contributed by atoms with E-state index >= 15 is 0 Å². The zero-order chi connectivity index (χ0) is 12.2. The summed E-state index contributed by atoms with van der Waals surface area (Å²) in [4.78, 5) is 0. The second-order valence-electron chi connectivity index (χ2n) is 4.88. The molecule has 0 amide bonds. The van der Waals surface area contributed by atoms with Crippen LogP contribution >= 0.6 is 11.6 Å². The van der Waals surface area contributed by atoms with Gasteiger partial charge in [0.25, 0.3) is 0 Å². The molecule has 0 spiro atoms. The molecule has 4 nitrogen and oxygen atoms in total. The fourth-order valence-corrected chi connectivity index (χ4v) is 1.50. The van der Waals surface area contributed by atoms with Crippen molar-refractivity contribution in [3.05, 3.63) is 17.4 Å². The van der Waals surface area contributed by atoms with Crippen LogP contribution in [0.2, 0.25) is 5.02 Å². The molecule has 1 heterocycles. The highest BCUT2D eigenvalue weighted by molar-refractivity contribution is 6.30. The van der Waals surface area contributed by atoms with Gasteiger partial charge in [-0.15, -0.1) is 0 Å². The summed E-state index contributed by atoms with van der Waals surface area (Å²) in [7, 11) is 1.69. The fourth-order valence-electron chi connectivity index (χ4n) is 1.36. The number of aromatic nitrogens is 2. The first-order valence-electron chi connectivity index (χ1n) is 5.36. The van der Waals surface area contributed by atoms with E-state index in [1.165, 1.54) is 0 Å². The van der Waals surface area contributed by atoms with Crippen molar-refractivity contribution >= 4 is 11.6 Å². The van der Waals surface area contributed by atoms with Crippen molar-refractivity contribution in [1.29, 1.82) is 0 Å². The Morgan fingerprint density at radius 1 is 1.56 bits per heavy atom. The van der Waals surface area contributed by atoms with Crippen LogP contribution in [0.4, 0.5) is 0 Å². The summed E-state index contributed by atoms with van der Waals surface area (Å²) < 4.78 is 7.03. The van der Waals surface area contributed by atoms with E-state index in [-0.39, 0.29) is 11.6 Å². The monoisotopic (exact) mass is 245 g/mol. The average molecular weight is 246 g/mol. The first kappa shape index (κ1) is 13.5. The minimum atomic E-state index is 0.0862. The maximum atomic E-state index is 5.85. The van der Waals surface area contributed by atoms with Crippen molar-refractivity contribution in [3.63, 3.8) is 0 Å². The van der Waals surface area contributed by atoms with Gasteiger partial charge in [0.2, 0.25) is 0 Å². The molecule has 0 fully saturated rings. The molecule has 1 aromatic rings. The molecule has 1 N–H and O–H groups in total. The highest BCUT2D eigenvalue weighted by atomic mass is 35.5. The zero-order valence-electron chi connectivity index (χ0n) is 10.3. The summed E-state index contributed by atoms with van der Waals surface area (Å²) in [6.07, 6.45) is 3.46. The molecule has 0 aromatic carbocycles. The topological polar surface area (TPSA) is 39.1 Å². The van der Waals surface area contributed by atoms with E-state index in [1.54, 1.807) is 13.3 Å². The molecule has 0 aliphatic rings. The van der Waals surface area contributed by atoms with E-state index in [0.29, 0.717) is 11.6 Å². The van der Waals surface area contributed by atoms with Crippen LogP contribution in [-0.4, -0.2) is 35.6 Å². The molecule has 0 radical (unpaired) electrons. The van der Waals surface area contributed by atoms with E-state index in [2.05, 4.69) is 31.2 Å². The Kier molecular flexibility index (Phi) is 4.77. The molecule has 1 unspecified atom stereocenters. The van der Waals surface area contributed by atoms with Crippen LogP contribution in [0.3, 0.4) is 0 Å². The van der Waals surface area contributed by atoms with Crippen LogP contribution in [0.25, 0.3) is 0 Å². The molecule has 1 aromatic heterocycles. The molecule has 92 valence electrons. The Hall–Kier alpha value is -0.580. The second kappa shape index (κ2) is 5.66. The second-order valence-corrected chi connectivity index (χ2v) is 5.32. The minimum absolute atomic E-state index is 0.0862. The number of hydrogen-bond acceptors (Lipinski definition) is 3. The van der Waals surface area contributed by atoms with Gasteiger partial charge in [-0.2, -0.15) is 5.10 Å². The van der Waals surface area contributed by atoms with Gasteiger partial charge in [0.15, 0.2) is 0 Å². The van der Waals surface area contributed by atoms with E-state index in [0.717, 1.165) is 6.54 Å². The van der Waals surface area contributed by atoms with Crippen molar-refractivity contribution in [2.45, 2.75) is 32.4 Å². The van der Waals surface area contributed by atoms with Crippen LogP contribution in [0.5, 0.6) is 0 Å². The Labute approximate surface area is 102 Å². The number of hydrogen-bond donors (Lipinski definition) is 1. The van der Waals surface area contributed by atoms with Crippen LogP contribution in [0.1, 0.15) is 26.8 Å². The van der Waals surface area contributed by atoms with Gasteiger partial charge in [-0.05, 0) is 20.8 Å². The number of ether oxygens (including phenoxy) is 1. The predicted molar refractivity (Wildman–Crippen MR) is 65.9 cm³/mol. The lowest BCUT2D eigenvalue weighted by molar-refractivity contribution is 0.144. The smallest absolute Gasteiger partial charge is 0.0877 e. The number of halogens is 1. The number of nitrogens with one attached hydrogen (secondary N) is 1. The molecule has 1 rings (SSSR count). The van der Waals surface area contributed by atoms with Crippen molar-refractivity contribution < 1.29 is 4.74 Å². The van der Waals surface area contributed by atoms with Crippen molar-refractivity contribution in [1.82, 2.24) is 15.1 Å². The quantitative estimate of drug-likeness (QED) is 0.864. The number of rotatable bonds is 5. The van der Waals surface area contributed by atoms with Crippen molar-refractivity contribution in [3.8, 4) is 0 Å². The standard InChI is InChI=1S/C11H20ClN3O/c1-11(2,3)13-6-10(8-16-4)15-7-9(12)5-14-15/h5,7,10,13H,6,8H2,1-4H3. The number of methoxy groups -OCH3 is 1. The largest absolute Gasteiger partial charge is 0.382 e. The first-order valence-corrected chi connectivity index (χ1v) is 5.74. The lowest BCUT2D eigenvalue weighted by Gasteiger charge is -2.25. The summed E-state index contributed by atoms with van der Waals surface area (Å²) in [5.74, 6) is 0. The molecule has 0 aliphatic carbocycles. The van der Waals surface area contributed by atoms with E-state index in [1.807, 2.05) is 10.9 Å². The maximum absolute atomic E-state index is 5.85. The lowest BCUT2D eigenvalue weighted by atomic mass is 10.1. The molecular formula is C11H20ClN3O. The van der Waals surface area contributed by atoms with Crippen LogP contribution in [-0.2, 0) is 4.74 Å². The highest BCUT2D eigenvalue weighted by Crippen LogP contribution is 2.12. The Morgan fingerprint density at radius 3 is 2.69 bits per heavy atom. The summed E-state index contributed by atoms with van der Waals surface area (Å²) in [6, 6.07) is 0.164. The van der Waals surface area contributed by atoms with Gasteiger partial charge >= 0.3 is 0 Å². The normalized spacial score (nSPS) is 14.1. The van der Waals surface area contributed by atoms with Gasteiger partial charge in [-0.25, -0.2) is 0 Å². The Morgan fingerprint density at radius 2 is 2.25 bits per heavy atom. The highest BCUT2D eigenvalue weighted by Gasteiger charge is 2.16. The van der Waals surface area contributed by atoms with Crippen LogP contribution in [0.15, 0.2) is 12.4 Å². The Balaban J connectivity index is 2.61. The molecule has 0 bridgehead atoms. The molecule has 0 saturated carbocycles. The molecule has 16 heavy (non-hydrogen) atoms. The molecule has 0 aliphatic heterocycles. The summed E-state index contributed by atoms with van der Waals surface area (Å²) in [6.45, 7) is 7.81. The zero-order valence-corrected chi connectivity index (χ0v) is 11.1. The van der Waals surface area contributed by atoms with Crippen LogP contribution in [0, 0.1) is 0 Å². The SMILES string of the molecule is COCC(CNC(C)(C)C)n1cc(Cl)cn1. The van der Waals surface area contributed by atoms with Crippen molar-refractivity contribution in [2.24, 2.45) is 0 Å². The lowest BCUT2D eigenvalue weighted by Crippen LogP contribution is -2.40. The molecule has 1 atom stereocenters. The predicted octanol–water partition coefficient (Wildman–Crippen LogP) is 2.11. The van der Waals surface area contributed by atoms with Crippen molar-refractivity contribution in [2.75, 3.05) is 20.3 Å². The Bertz CT molecular complexity index is 319. The van der Waals surface area contributed by atoms with Gasteiger partial charge < -0.3 is 10.1 Å². The number of nitrogens with zero attached hydrogens (tertiary/aromatic N) is 2. The first-order chi connectivity index (χ1) is 7.42. The average Bonchev–Trinajstić information content (AvgIpc) is 2.57. The molecular weight excluding hydrogens is 226 g/mol. The third kappa shape index (κ3) is 4.51. The third-order valence-electron chi connectivity index (χ3n) is 2.17. The van der Waals surface area contributed by atoms with E-state index in [4.69, 9.17) is 16.3 Å². The van der Waals surface area contributed by atoms with Gasteiger partial charge in [-0.3, -0.25) is 4.68 Å². The van der Waals surface area contributed by atoms with Gasteiger partial charge in [0.1, 0.15) is 0 Å².